The second-order valence-electron chi connectivity index (χ2n) is 2.16. The minimum absolute atomic E-state index is 0.0994. The van der Waals surface area contributed by atoms with Gasteiger partial charge in [-0.1, -0.05) is 0 Å². The van der Waals surface area contributed by atoms with Gasteiger partial charge in [-0.3, -0.25) is 4.18 Å². The van der Waals surface area contributed by atoms with Crippen molar-refractivity contribution in [3.05, 3.63) is 0 Å². The Labute approximate surface area is 80.5 Å². The molecule has 0 radical (unpaired) electrons. The molecule has 0 aromatic carbocycles. The molecule has 0 saturated carbocycles. The van der Waals surface area contributed by atoms with Gasteiger partial charge < -0.3 is 9.47 Å². The third-order valence-corrected chi connectivity index (χ3v) is 2.39. The summed E-state index contributed by atoms with van der Waals surface area (Å²) in [7, 11) is -1.96. The van der Waals surface area contributed by atoms with E-state index in [-0.39, 0.29) is 19.0 Å². The molecule has 0 aliphatic rings. The van der Waals surface area contributed by atoms with Crippen LogP contribution in [0.2, 0.25) is 0 Å². The SMILES string of the molecule is [2H]C(COS(=O)(=O)CC)OCCOC. The minimum Gasteiger partial charge on any atom is -0.382 e. The van der Waals surface area contributed by atoms with Crippen molar-refractivity contribution >= 4 is 10.1 Å². The Balaban J connectivity index is 3.58. The average Bonchev–Trinajstić information content (AvgIpc) is 2.16. The highest BCUT2D eigenvalue weighted by atomic mass is 32.2. The van der Waals surface area contributed by atoms with Gasteiger partial charge in [0.05, 0.1) is 33.5 Å². The molecule has 1 atom stereocenters. The van der Waals surface area contributed by atoms with Crippen molar-refractivity contribution < 1.29 is 23.4 Å². The van der Waals surface area contributed by atoms with Crippen LogP contribution in [0.5, 0.6) is 0 Å². The molecule has 0 amide bonds. The van der Waals surface area contributed by atoms with Gasteiger partial charge in [0.15, 0.2) is 0 Å². The molecule has 0 aliphatic carbocycles. The number of ether oxygens (including phenoxy) is 2. The summed E-state index contributed by atoms with van der Waals surface area (Å²) in [6.45, 7) is 0.822. The highest BCUT2D eigenvalue weighted by molar-refractivity contribution is 7.86. The number of hydrogen-bond donors (Lipinski definition) is 0. The van der Waals surface area contributed by atoms with E-state index in [2.05, 4.69) is 4.18 Å². The van der Waals surface area contributed by atoms with Crippen molar-refractivity contribution in [3.8, 4) is 0 Å². The zero-order valence-electron chi connectivity index (χ0n) is 8.86. The summed E-state index contributed by atoms with van der Waals surface area (Å²) in [5, 5.41) is 0. The van der Waals surface area contributed by atoms with Crippen LogP contribution in [0.15, 0.2) is 0 Å². The van der Waals surface area contributed by atoms with E-state index >= 15 is 0 Å². The standard InChI is InChI=1S/C7H16O5S/c1-3-13(8,9)12-7-6-11-5-4-10-2/h3-7H2,1-2H3/i6D. The summed E-state index contributed by atoms with van der Waals surface area (Å²) in [6.07, 6.45) is 0. The molecule has 5 nitrogen and oxygen atoms in total. The topological polar surface area (TPSA) is 61.8 Å². The van der Waals surface area contributed by atoms with Gasteiger partial charge in [0.1, 0.15) is 0 Å². The largest absolute Gasteiger partial charge is 0.382 e. The fraction of sp³-hybridized carbons (Fsp3) is 1.00. The van der Waals surface area contributed by atoms with E-state index in [0.717, 1.165) is 0 Å². The summed E-state index contributed by atoms with van der Waals surface area (Å²) in [5.41, 5.74) is 0. The van der Waals surface area contributed by atoms with Crippen LogP contribution in [0.1, 0.15) is 8.29 Å². The predicted octanol–water partition coefficient (Wildman–Crippen LogP) is 0.0157. The quantitative estimate of drug-likeness (QED) is 0.420. The molecule has 0 rings (SSSR count). The molecule has 0 fully saturated rings. The first kappa shape index (κ1) is 10.9. The van der Waals surface area contributed by atoms with Crippen molar-refractivity contribution in [2.45, 2.75) is 6.92 Å². The summed E-state index contributed by atoms with van der Waals surface area (Å²) in [5.74, 6) is -0.0994. The second-order valence-corrected chi connectivity index (χ2v) is 4.09. The lowest BCUT2D eigenvalue weighted by molar-refractivity contribution is 0.0555. The molecule has 0 aromatic rings. The lowest BCUT2D eigenvalue weighted by Gasteiger charge is -2.04. The van der Waals surface area contributed by atoms with Crippen LogP contribution in [0.3, 0.4) is 0 Å². The van der Waals surface area contributed by atoms with Crippen molar-refractivity contribution in [2.75, 3.05) is 39.3 Å². The second kappa shape index (κ2) is 7.25. The molecule has 0 N–H and O–H groups in total. The van der Waals surface area contributed by atoms with E-state index in [1.165, 1.54) is 14.0 Å². The summed E-state index contributed by atoms with van der Waals surface area (Å²) >= 11 is 0. The first-order chi connectivity index (χ1) is 6.52. The molecule has 0 spiro atoms. The van der Waals surface area contributed by atoms with Crippen molar-refractivity contribution in [1.29, 1.82) is 0 Å². The summed E-state index contributed by atoms with van der Waals surface area (Å²) < 4.78 is 43.0. The third kappa shape index (κ3) is 8.17. The Hall–Kier alpha value is -0.170. The third-order valence-electron chi connectivity index (χ3n) is 1.19. The average molecular weight is 213 g/mol. The zero-order valence-corrected chi connectivity index (χ0v) is 8.67. The number of hydrogen-bond acceptors (Lipinski definition) is 5. The van der Waals surface area contributed by atoms with Crippen LogP contribution in [0.4, 0.5) is 0 Å². The van der Waals surface area contributed by atoms with Crippen LogP contribution in [0, 0.1) is 0 Å². The zero-order chi connectivity index (χ0) is 11.0. The van der Waals surface area contributed by atoms with E-state index in [0.29, 0.717) is 6.61 Å². The molecule has 0 aliphatic heterocycles. The molecular formula is C7H16O5S. The van der Waals surface area contributed by atoms with Crippen LogP contribution in [0.25, 0.3) is 0 Å². The summed E-state index contributed by atoms with van der Waals surface area (Å²) in [6, 6.07) is 0. The molecular weight excluding hydrogens is 196 g/mol. The van der Waals surface area contributed by atoms with Gasteiger partial charge in [-0.2, -0.15) is 8.42 Å². The molecule has 80 valence electrons. The van der Waals surface area contributed by atoms with Crippen molar-refractivity contribution in [2.24, 2.45) is 0 Å². The van der Waals surface area contributed by atoms with Gasteiger partial charge in [0, 0.05) is 7.11 Å². The fourth-order valence-corrected chi connectivity index (χ4v) is 0.907. The Morgan fingerprint density at radius 2 is 2.00 bits per heavy atom. The van der Waals surface area contributed by atoms with Gasteiger partial charge in [-0.05, 0) is 6.92 Å². The molecule has 0 bridgehead atoms. The number of rotatable bonds is 8. The smallest absolute Gasteiger partial charge is 0.267 e. The first-order valence-corrected chi connectivity index (χ1v) is 5.49. The van der Waals surface area contributed by atoms with Gasteiger partial charge >= 0.3 is 0 Å². The Morgan fingerprint density at radius 3 is 2.54 bits per heavy atom. The van der Waals surface area contributed by atoms with E-state index in [4.69, 9.17) is 10.8 Å². The lowest BCUT2D eigenvalue weighted by atomic mass is 10.7. The minimum atomic E-state index is -3.48. The molecule has 6 heteroatoms. The van der Waals surface area contributed by atoms with Crippen molar-refractivity contribution in [1.82, 2.24) is 0 Å². The molecule has 0 aromatic heterocycles. The van der Waals surface area contributed by atoms with E-state index in [1.807, 2.05) is 0 Å². The maximum atomic E-state index is 10.8. The molecule has 0 heterocycles. The van der Waals surface area contributed by atoms with Crippen LogP contribution >= 0.6 is 0 Å². The van der Waals surface area contributed by atoms with Gasteiger partial charge in [0.2, 0.25) is 0 Å². The van der Waals surface area contributed by atoms with Crippen LogP contribution < -0.4 is 0 Å². The van der Waals surface area contributed by atoms with Crippen LogP contribution in [-0.4, -0.2) is 47.7 Å². The maximum absolute atomic E-state index is 10.8. The Bertz CT molecular complexity index is 228. The first-order valence-electron chi connectivity index (χ1n) is 4.49. The normalized spacial score (nSPS) is 15.4. The van der Waals surface area contributed by atoms with E-state index in [9.17, 15) is 8.42 Å². The molecule has 13 heavy (non-hydrogen) atoms. The Morgan fingerprint density at radius 1 is 1.31 bits per heavy atom. The lowest BCUT2D eigenvalue weighted by Crippen LogP contribution is -2.14. The summed E-state index contributed by atoms with van der Waals surface area (Å²) in [4.78, 5) is 0. The molecule has 1 unspecified atom stereocenters. The van der Waals surface area contributed by atoms with Gasteiger partial charge in [-0.25, -0.2) is 0 Å². The number of methoxy groups -OCH3 is 1. The van der Waals surface area contributed by atoms with Gasteiger partial charge in [0.25, 0.3) is 10.1 Å². The maximum Gasteiger partial charge on any atom is 0.267 e. The predicted molar refractivity (Wildman–Crippen MR) is 48.1 cm³/mol. The van der Waals surface area contributed by atoms with Crippen molar-refractivity contribution in [3.63, 3.8) is 0 Å². The monoisotopic (exact) mass is 213 g/mol. The highest BCUT2D eigenvalue weighted by Crippen LogP contribution is 1.91. The van der Waals surface area contributed by atoms with E-state index < -0.39 is 16.7 Å². The molecule has 0 saturated heterocycles. The fourth-order valence-electron chi connectivity index (χ4n) is 0.478. The van der Waals surface area contributed by atoms with Gasteiger partial charge in [-0.15, -0.1) is 0 Å². The van der Waals surface area contributed by atoms with Crippen LogP contribution in [-0.2, 0) is 23.8 Å². The van der Waals surface area contributed by atoms with E-state index in [1.54, 1.807) is 0 Å². The Kier molecular flexibility index (Phi) is 6.09. The highest BCUT2D eigenvalue weighted by Gasteiger charge is 2.05.